The molecular formula is C21H19N3O. The predicted octanol–water partition coefficient (Wildman–Crippen LogP) is 4.39. The van der Waals surface area contributed by atoms with Gasteiger partial charge < -0.3 is 15.3 Å². The Morgan fingerprint density at radius 3 is 2.12 bits per heavy atom. The lowest BCUT2D eigenvalue weighted by atomic mass is 10.0. The normalized spacial score (nSPS) is 10.9. The predicted molar refractivity (Wildman–Crippen MR) is 102 cm³/mol. The Labute approximate surface area is 145 Å². The summed E-state index contributed by atoms with van der Waals surface area (Å²) in [5.74, 6) is 0. The van der Waals surface area contributed by atoms with Crippen molar-refractivity contribution in [3.8, 4) is 0 Å². The van der Waals surface area contributed by atoms with Crippen LogP contribution >= 0.6 is 0 Å². The number of nitrogens with one attached hydrogen (secondary N) is 3. The van der Waals surface area contributed by atoms with Crippen LogP contribution in [0.1, 0.15) is 11.1 Å². The fourth-order valence-corrected chi connectivity index (χ4v) is 3.05. The lowest BCUT2D eigenvalue weighted by Crippen LogP contribution is -1.99. The van der Waals surface area contributed by atoms with Crippen molar-refractivity contribution in [1.82, 2.24) is 9.97 Å². The molecule has 0 atom stereocenters. The van der Waals surface area contributed by atoms with Crippen LogP contribution in [0.25, 0.3) is 11.0 Å². The lowest BCUT2D eigenvalue weighted by molar-refractivity contribution is 0.963. The first-order chi connectivity index (χ1) is 12.3. The van der Waals surface area contributed by atoms with Crippen LogP contribution in [0.3, 0.4) is 0 Å². The molecule has 0 saturated carbocycles. The van der Waals surface area contributed by atoms with Crippen molar-refractivity contribution in [3.63, 3.8) is 0 Å². The molecule has 0 aliphatic rings. The molecule has 3 N–H and O–H groups in total. The SMILES string of the molecule is O=c1[nH]c2cc(CCc3ccccc3)c(Nc3ccccc3)cc2[nH]1. The largest absolute Gasteiger partial charge is 0.355 e. The summed E-state index contributed by atoms with van der Waals surface area (Å²) in [4.78, 5) is 17.3. The number of anilines is 2. The van der Waals surface area contributed by atoms with E-state index < -0.39 is 0 Å². The van der Waals surface area contributed by atoms with E-state index in [9.17, 15) is 4.79 Å². The van der Waals surface area contributed by atoms with Crippen LogP contribution in [-0.4, -0.2) is 9.97 Å². The highest BCUT2D eigenvalue weighted by molar-refractivity contribution is 5.82. The van der Waals surface area contributed by atoms with Crippen molar-refractivity contribution in [2.75, 3.05) is 5.32 Å². The summed E-state index contributed by atoms with van der Waals surface area (Å²) < 4.78 is 0. The summed E-state index contributed by atoms with van der Waals surface area (Å²) in [6, 6.07) is 24.6. The van der Waals surface area contributed by atoms with Gasteiger partial charge in [-0.05, 0) is 48.2 Å². The number of rotatable bonds is 5. The van der Waals surface area contributed by atoms with Crippen LogP contribution in [0.4, 0.5) is 11.4 Å². The van der Waals surface area contributed by atoms with Crippen LogP contribution < -0.4 is 11.0 Å². The maximum Gasteiger partial charge on any atom is 0.323 e. The highest BCUT2D eigenvalue weighted by Crippen LogP contribution is 2.26. The van der Waals surface area contributed by atoms with Crippen molar-refractivity contribution in [3.05, 3.63) is 94.4 Å². The van der Waals surface area contributed by atoms with E-state index in [4.69, 9.17) is 0 Å². The van der Waals surface area contributed by atoms with Crippen LogP contribution in [0.15, 0.2) is 77.6 Å². The number of aryl methyl sites for hydroxylation is 2. The molecule has 0 aliphatic carbocycles. The lowest BCUT2D eigenvalue weighted by Gasteiger charge is -2.13. The van der Waals surface area contributed by atoms with E-state index in [-0.39, 0.29) is 5.69 Å². The van der Waals surface area contributed by atoms with E-state index in [1.807, 2.05) is 42.5 Å². The second-order valence-corrected chi connectivity index (χ2v) is 6.11. The fraction of sp³-hybridized carbons (Fsp3) is 0.0952. The Balaban J connectivity index is 1.69. The van der Waals surface area contributed by atoms with Gasteiger partial charge in [-0.15, -0.1) is 0 Å². The Hall–Kier alpha value is -3.27. The van der Waals surface area contributed by atoms with Gasteiger partial charge in [0, 0.05) is 11.4 Å². The third-order valence-corrected chi connectivity index (χ3v) is 4.32. The molecule has 0 amide bonds. The van der Waals surface area contributed by atoms with Gasteiger partial charge in [0.25, 0.3) is 0 Å². The zero-order chi connectivity index (χ0) is 17.1. The van der Waals surface area contributed by atoms with Crippen molar-refractivity contribution in [2.45, 2.75) is 12.8 Å². The summed E-state index contributed by atoms with van der Waals surface area (Å²) in [5.41, 5.74) is 6.00. The number of aromatic amines is 2. The van der Waals surface area contributed by atoms with Gasteiger partial charge in [0.15, 0.2) is 0 Å². The number of imidazole rings is 1. The minimum absolute atomic E-state index is 0.180. The number of aromatic nitrogens is 2. The summed E-state index contributed by atoms with van der Waals surface area (Å²) >= 11 is 0. The highest BCUT2D eigenvalue weighted by Gasteiger charge is 2.08. The molecule has 0 unspecified atom stereocenters. The highest BCUT2D eigenvalue weighted by atomic mass is 16.1. The molecule has 124 valence electrons. The molecule has 0 fully saturated rings. The third-order valence-electron chi connectivity index (χ3n) is 4.32. The topological polar surface area (TPSA) is 60.7 Å². The van der Waals surface area contributed by atoms with Crippen LogP contribution in [0.2, 0.25) is 0 Å². The maximum absolute atomic E-state index is 11.6. The maximum atomic E-state index is 11.6. The van der Waals surface area contributed by atoms with Gasteiger partial charge in [0.2, 0.25) is 0 Å². The molecule has 25 heavy (non-hydrogen) atoms. The molecular weight excluding hydrogens is 310 g/mol. The standard InChI is InChI=1S/C21H19N3O/c25-21-23-19-13-16(12-11-15-7-3-1-4-8-15)18(14-20(19)24-21)22-17-9-5-2-6-10-17/h1-10,13-14,22H,11-12H2,(H2,23,24,25). The summed E-state index contributed by atoms with van der Waals surface area (Å²) in [6.45, 7) is 0. The second-order valence-electron chi connectivity index (χ2n) is 6.11. The van der Waals surface area contributed by atoms with Crippen molar-refractivity contribution in [2.24, 2.45) is 0 Å². The average Bonchev–Trinajstić information content (AvgIpc) is 3.00. The third kappa shape index (κ3) is 3.48. The Kier molecular flexibility index (Phi) is 4.09. The van der Waals surface area contributed by atoms with Gasteiger partial charge in [-0.2, -0.15) is 0 Å². The van der Waals surface area contributed by atoms with E-state index in [0.29, 0.717) is 0 Å². The molecule has 4 rings (SSSR count). The van der Waals surface area contributed by atoms with E-state index in [1.54, 1.807) is 0 Å². The van der Waals surface area contributed by atoms with Crippen molar-refractivity contribution in [1.29, 1.82) is 0 Å². The molecule has 4 aromatic rings. The van der Waals surface area contributed by atoms with Crippen LogP contribution in [0, 0.1) is 0 Å². The Morgan fingerprint density at radius 1 is 0.760 bits per heavy atom. The first-order valence-electron chi connectivity index (χ1n) is 8.39. The molecule has 1 aromatic heterocycles. The average molecular weight is 329 g/mol. The van der Waals surface area contributed by atoms with E-state index >= 15 is 0 Å². The molecule has 0 bridgehead atoms. The smallest absolute Gasteiger partial charge is 0.323 e. The molecule has 0 aliphatic heterocycles. The summed E-state index contributed by atoms with van der Waals surface area (Å²) in [7, 11) is 0. The van der Waals surface area contributed by atoms with Gasteiger partial charge in [-0.1, -0.05) is 48.5 Å². The number of benzene rings is 3. The van der Waals surface area contributed by atoms with E-state index in [1.165, 1.54) is 11.1 Å². The van der Waals surface area contributed by atoms with E-state index in [0.717, 1.165) is 35.2 Å². The molecule has 0 radical (unpaired) electrons. The van der Waals surface area contributed by atoms with Gasteiger partial charge in [0.05, 0.1) is 11.0 Å². The number of para-hydroxylation sites is 1. The van der Waals surface area contributed by atoms with Gasteiger partial charge in [-0.3, -0.25) is 0 Å². The zero-order valence-corrected chi connectivity index (χ0v) is 13.8. The summed E-state index contributed by atoms with van der Waals surface area (Å²) in [6.07, 6.45) is 1.84. The van der Waals surface area contributed by atoms with Crippen molar-refractivity contribution < 1.29 is 0 Å². The summed E-state index contributed by atoms with van der Waals surface area (Å²) in [5, 5.41) is 3.47. The van der Waals surface area contributed by atoms with Crippen LogP contribution in [-0.2, 0) is 12.8 Å². The van der Waals surface area contributed by atoms with Gasteiger partial charge in [0.1, 0.15) is 0 Å². The van der Waals surface area contributed by atoms with Gasteiger partial charge >= 0.3 is 5.69 Å². The van der Waals surface area contributed by atoms with Gasteiger partial charge in [-0.25, -0.2) is 4.79 Å². The molecule has 0 spiro atoms. The first kappa shape index (κ1) is 15.3. The Morgan fingerprint density at radius 2 is 1.40 bits per heavy atom. The minimum Gasteiger partial charge on any atom is -0.355 e. The molecule has 3 aromatic carbocycles. The number of hydrogen-bond acceptors (Lipinski definition) is 2. The second kappa shape index (κ2) is 6.69. The number of H-pyrrole nitrogens is 2. The minimum atomic E-state index is -0.180. The van der Waals surface area contributed by atoms with E-state index in [2.05, 4.69) is 45.6 Å². The molecule has 4 nitrogen and oxygen atoms in total. The molecule has 0 saturated heterocycles. The fourth-order valence-electron chi connectivity index (χ4n) is 3.05. The Bertz CT molecular complexity index is 1030. The van der Waals surface area contributed by atoms with Crippen molar-refractivity contribution >= 4 is 22.4 Å². The van der Waals surface area contributed by atoms with Crippen LogP contribution in [0.5, 0.6) is 0 Å². The number of hydrogen-bond donors (Lipinski definition) is 3. The molecule has 1 heterocycles. The molecule has 4 heteroatoms. The number of fused-ring (bicyclic) bond motifs is 1. The zero-order valence-electron chi connectivity index (χ0n) is 13.8. The monoisotopic (exact) mass is 329 g/mol. The first-order valence-corrected chi connectivity index (χ1v) is 8.39. The quantitative estimate of drug-likeness (QED) is 0.509.